The Balaban J connectivity index is 2.58. The van der Waals surface area contributed by atoms with E-state index in [9.17, 15) is 0 Å². The summed E-state index contributed by atoms with van der Waals surface area (Å²) in [5, 5.41) is 0. The second-order valence-electron chi connectivity index (χ2n) is 3.52. The first kappa shape index (κ1) is 7.59. The highest BCUT2D eigenvalue weighted by molar-refractivity contribution is 5.25. The number of hydrogen-bond donors (Lipinski definition) is 0. The van der Waals surface area contributed by atoms with Gasteiger partial charge in [0.1, 0.15) is 0 Å². The van der Waals surface area contributed by atoms with Gasteiger partial charge in [0.25, 0.3) is 0 Å². The molecular formula is C10H16. The second kappa shape index (κ2) is 2.61. The summed E-state index contributed by atoms with van der Waals surface area (Å²) < 4.78 is 0. The summed E-state index contributed by atoms with van der Waals surface area (Å²) in [6.45, 7) is 8.82. The first-order chi connectivity index (χ1) is 4.61. The summed E-state index contributed by atoms with van der Waals surface area (Å²) in [4.78, 5) is 0. The topological polar surface area (TPSA) is 0 Å². The van der Waals surface area contributed by atoms with Gasteiger partial charge in [-0.2, -0.15) is 0 Å². The van der Waals surface area contributed by atoms with Crippen molar-refractivity contribution in [3.05, 3.63) is 23.3 Å². The van der Waals surface area contributed by atoms with Crippen LogP contribution in [0.3, 0.4) is 0 Å². The zero-order valence-corrected chi connectivity index (χ0v) is 7.31. The van der Waals surface area contributed by atoms with Gasteiger partial charge in [-0.05, 0) is 26.7 Å². The zero-order chi connectivity index (χ0) is 7.72. The molecule has 0 N–H and O–H groups in total. The maximum Gasteiger partial charge on any atom is 0.00144 e. The SMILES string of the molecule is CC(C)=CC1C=C(C)C1C. The fraction of sp³-hybridized carbons (Fsp3) is 0.600. The fourth-order valence-corrected chi connectivity index (χ4v) is 1.36. The van der Waals surface area contributed by atoms with Crippen LogP contribution in [0.5, 0.6) is 0 Å². The molecule has 10 heavy (non-hydrogen) atoms. The van der Waals surface area contributed by atoms with Crippen LogP contribution in [0.25, 0.3) is 0 Å². The molecule has 0 heterocycles. The van der Waals surface area contributed by atoms with E-state index in [4.69, 9.17) is 0 Å². The maximum absolute atomic E-state index is 2.34. The molecule has 0 fully saturated rings. The van der Waals surface area contributed by atoms with E-state index in [1.165, 1.54) is 5.57 Å². The van der Waals surface area contributed by atoms with Gasteiger partial charge in [0, 0.05) is 5.92 Å². The molecule has 0 bridgehead atoms. The predicted molar refractivity (Wildman–Crippen MR) is 45.8 cm³/mol. The monoisotopic (exact) mass is 136 g/mol. The molecular weight excluding hydrogens is 120 g/mol. The van der Waals surface area contributed by atoms with Crippen molar-refractivity contribution in [2.24, 2.45) is 11.8 Å². The molecule has 0 spiro atoms. The summed E-state index contributed by atoms with van der Waals surface area (Å²) in [6, 6.07) is 0. The van der Waals surface area contributed by atoms with E-state index in [0.29, 0.717) is 0 Å². The summed E-state index contributed by atoms with van der Waals surface area (Å²) in [7, 11) is 0. The molecule has 0 aromatic rings. The molecule has 2 atom stereocenters. The van der Waals surface area contributed by atoms with Gasteiger partial charge in [0.05, 0.1) is 0 Å². The van der Waals surface area contributed by atoms with E-state index < -0.39 is 0 Å². The van der Waals surface area contributed by atoms with Gasteiger partial charge in [0.15, 0.2) is 0 Å². The Morgan fingerprint density at radius 1 is 1.50 bits per heavy atom. The first-order valence-electron chi connectivity index (χ1n) is 3.94. The normalized spacial score (nSPS) is 30.6. The average Bonchev–Trinajstić information content (AvgIpc) is 1.86. The largest absolute Gasteiger partial charge is 0.0798 e. The smallest absolute Gasteiger partial charge is 0.00144 e. The second-order valence-corrected chi connectivity index (χ2v) is 3.52. The van der Waals surface area contributed by atoms with Crippen LogP contribution in [0, 0.1) is 11.8 Å². The summed E-state index contributed by atoms with van der Waals surface area (Å²) in [6.07, 6.45) is 4.69. The predicted octanol–water partition coefficient (Wildman–Crippen LogP) is 3.16. The Hall–Kier alpha value is -0.520. The lowest BCUT2D eigenvalue weighted by Gasteiger charge is -2.29. The van der Waals surface area contributed by atoms with Gasteiger partial charge < -0.3 is 0 Å². The van der Waals surface area contributed by atoms with Crippen molar-refractivity contribution in [3.63, 3.8) is 0 Å². The molecule has 0 amide bonds. The van der Waals surface area contributed by atoms with Gasteiger partial charge in [-0.15, -0.1) is 0 Å². The van der Waals surface area contributed by atoms with Gasteiger partial charge in [-0.3, -0.25) is 0 Å². The lowest BCUT2D eigenvalue weighted by Crippen LogP contribution is -2.18. The summed E-state index contributed by atoms with van der Waals surface area (Å²) >= 11 is 0. The quantitative estimate of drug-likeness (QED) is 0.486. The van der Waals surface area contributed by atoms with Gasteiger partial charge in [0.2, 0.25) is 0 Å². The van der Waals surface area contributed by atoms with Crippen LogP contribution in [0.1, 0.15) is 27.7 Å². The van der Waals surface area contributed by atoms with Crippen molar-refractivity contribution in [2.75, 3.05) is 0 Å². The van der Waals surface area contributed by atoms with Crippen LogP contribution in [0.4, 0.5) is 0 Å². The number of hydrogen-bond acceptors (Lipinski definition) is 0. The van der Waals surface area contributed by atoms with Crippen molar-refractivity contribution < 1.29 is 0 Å². The van der Waals surface area contributed by atoms with Crippen molar-refractivity contribution in [1.29, 1.82) is 0 Å². The Bertz CT molecular complexity index is 180. The van der Waals surface area contributed by atoms with Crippen LogP contribution in [-0.2, 0) is 0 Å². The van der Waals surface area contributed by atoms with E-state index in [0.717, 1.165) is 11.8 Å². The van der Waals surface area contributed by atoms with Crippen LogP contribution in [0.2, 0.25) is 0 Å². The molecule has 0 heteroatoms. The highest BCUT2D eigenvalue weighted by Gasteiger charge is 2.22. The van der Waals surface area contributed by atoms with E-state index in [1.54, 1.807) is 5.57 Å². The molecule has 56 valence electrons. The Morgan fingerprint density at radius 3 is 2.40 bits per heavy atom. The zero-order valence-electron chi connectivity index (χ0n) is 7.31. The van der Waals surface area contributed by atoms with Gasteiger partial charge in [-0.25, -0.2) is 0 Å². The molecule has 0 saturated carbocycles. The molecule has 1 aliphatic carbocycles. The third-order valence-corrected chi connectivity index (χ3v) is 2.28. The molecule has 0 saturated heterocycles. The highest BCUT2D eigenvalue weighted by atomic mass is 14.3. The minimum absolute atomic E-state index is 0.727. The van der Waals surface area contributed by atoms with E-state index in [-0.39, 0.29) is 0 Å². The molecule has 0 aromatic carbocycles. The molecule has 0 aliphatic heterocycles. The van der Waals surface area contributed by atoms with Crippen molar-refractivity contribution >= 4 is 0 Å². The summed E-state index contributed by atoms with van der Waals surface area (Å²) in [5.41, 5.74) is 2.98. The third-order valence-electron chi connectivity index (χ3n) is 2.28. The van der Waals surface area contributed by atoms with E-state index in [1.807, 2.05) is 0 Å². The number of rotatable bonds is 1. The van der Waals surface area contributed by atoms with Gasteiger partial charge >= 0.3 is 0 Å². The molecule has 0 radical (unpaired) electrons. The van der Waals surface area contributed by atoms with Crippen LogP contribution in [0.15, 0.2) is 23.3 Å². The maximum atomic E-state index is 2.34. The average molecular weight is 136 g/mol. The van der Waals surface area contributed by atoms with E-state index >= 15 is 0 Å². The van der Waals surface area contributed by atoms with Crippen molar-refractivity contribution in [3.8, 4) is 0 Å². The molecule has 2 unspecified atom stereocenters. The number of allylic oxidation sites excluding steroid dienone is 4. The third kappa shape index (κ3) is 1.31. The first-order valence-corrected chi connectivity index (χ1v) is 3.94. The Kier molecular flexibility index (Phi) is 1.98. The highest BCUT2D eigenvalue weighted by Crippen LogP contribution is 2.33. The Labute approximate surface area is 63.6 Å². The minimum atomic E-state index is 0.727. The van der Waals surface area contributed by atoms with Gasteiger partial charge in [-0.1, -0.05) is 30.2 Å². The molecule has 0 nitrogen and oxygen atoms in total. The fourth-order valence-electron chi connectivity index (χ4n) is 1.36. The molecule has 0 aromatic heterocycles. The molecule has 1 rings (SSSR count). The van der Waals surface area contributed by atoms with Crippen molar-refractivity contribution in [1.82, 2.24) is 0 Å². The minimum Gasteiger partial charge on any atom is -0.0798 e. The Morgan fingerprint density at radius 2 is 2.10 bits per heavy atom. The lowest BCUT2D eigenvalue weighted by molar-refractivity contribution is 0.506. The van der Waals surface area contributed by atoms with Crippen molar-refractivity contribution in [2.45, 2.75) is 27.7 Å². The van der Waals surface area contributed by atoms with E-state index in [2.05, 4.69) is 39.8 Å². The standard InChI is InChI=1S/C10H16/c1-7(2)5-10-6-8(3)9(10)4/h5-6,9-10H,1-4H3. The summed E-state index contributed by atoms with van der Waals surface area (Å²) in [5.74, 6) is 1.51. The lowest BCUT2D eigenvalue weighted by atomic mass is 9.76. The van der Waals surface area contributed by atoms with Crippen LogP contribution < -0.4 is 0 Å². The van der Waals surface area contributed by atoms with Crippen LogP contribution in [-0.4, -0.2) is 0 Å². The molecule has 1 aliphatic rings. The van der Waals surface area contributed by atoms with Crippen LogP contribution >= 0.6 is 0 Å².